The van der Waals surface area contributed by atoms with Crippen LogP contribution in [-0.2, 0) is 0 Å². The zero-order valence-electron chi connectivity index (χ0n) is 9.71. The van der Waals surface area contributed by atoms with E-state index in [0.29, 0.717) is 16.3 Å². The molecule has 2 nitrogen and oxygen atoms in total. The highest BCUT2D eigenvalue weighted by atomic mass is 79.9. The van der Waals surface area contributed by atoms with Gasteiger partial charge in [-0.3, -0.25) is 4.79 Å². The molecule has 2 rings (SSSR count). The lowest BCUT2D eigenvalue weighted by atomic mass is 10.1. The van der Waals surface area contributed by atoms with Crippen LogP contribution in [0.15, 0.2) is 46.9 Å². The monoisotopic (exact) mass is 323 g/mol. The van der Waals surface area contributed by atoms with Gasteiger partial charge >= 0.3 is 0 Å². The van der Waals surface area contributed by atoms with Crippen molar-refractivity contribution in [1.29, 1.82) is 0 Å². The van der Waals surface area contributed by atoms with Gasteiger partial charge in [0.2, 0.25) is 0 Å². The van der Waals surface area contributed by atoms with Crippen molar-refractivity contribution in [3.8, 4) is 0 Å². The highest BCUT2D eigenvalue weighted by Gasteiger charge is 2.08. The summed E-state index contributed by atoms with van der Waals surface area (Å²) < 4.78 is 0.867. The first kappa shape index (κ1) is 13.1. The van der Waals surface area contributed by atoms with Gasteiger partial charge in [0.1, 0.15) is 0 Å². The molecule has 92 valence electrons. The third-order valence-electron chi connectivity index (χ3n) is 2.46. The van der Waals surface area contributed by atoms with Gasteiger partial charge in [0.25, 0.3) is 5.91 Å². The van der Waals surface area contributed by atoms with Crippen LogP contribution in [0.5, 0.6) is 0 Å². The minimum Gasteiger partial charge on any atom is -0.321 e. The van der Waals surface area contributed by atoms with Crippen LogP contribution in [0.4, 0.5) is 5.69 Å². The summed E-state index contributed by atoms with van der Waals surface area (Å²) in [5, 5.41) is 3.31. The number of carbonyl (C=O) groups is 1. The van der Waals surface area contributed by atoms with Gasteiger partial charge in [0.05, 0.1) is 10.7 Å². The molecule has 2 aromatic rings. The summed E-state index contributed by atoms with van der Waals surface area (Å²) in [5.41, 5.74) is 2.26. The molecule has 0 aromatic heterocycles. The number of halogens is 2. The molecule has 0 unspecified atom stereocenters. The Balaban J connectivity index is 2.24. The molecule has 0 atom stereocenters. The van der Waals surface area contributed by atoms with Gasteiger partial charge in [0, 0.05) is 10.0 Å². The largest absolute Gasteiger partial charge is 0.321 e. The van der Waals surface area contributed by atoms with E-state index in [1.165, 1.54) is 0 Å². The maximum absolute atomic E-state index is 12.0. The normalized spacial score (nSPS) is 10.2. The molecule has 0 fully saturated rings. The van der Waals surface area contributed by atoms with Crippen LogP contribution in [0.1, 0.15) is 15.9 Å². The Hall–Kier alpha value is -1.32. The predicted octanol–water partition coefficient (Wildman–Crippen LogP) is 4.66. The van der Waals surface area contributed by atoms with E-state index in [4.69, 9.17) is 11.6 Å². The van der Waals surface area contributed by atoms with Crippen LogP contribution in [-0.4, -0.2) is 5.91 Å². The number of hydrogen-bond donors (Lipinski definition) is 1. The maximum Gasteiger partial charge on any atom is 0.255 e. The third-order valence-corrected chi connectivity index (χ3v) is 3.28. The van der Waals surface area contributed by atoms with Crippen LogP contribution >= 0.6 is 27.5 Å². The maximum atomic E-state index is 12.0. The Bertz CT molecular complexity index is 598. The molecular formula is C14H11BrClNO. The number of rotatable bonds is 2. The van der Waals surface area contributed by atoms with E-state index in [-0.39, 0.29) is 5.91 Å². The van der Waals surface area contributed by atoms with E-state index in [9.17, 15) is 4.79 Å². The van der Waals surface area contributed by atoms with E-state index in [2.05, 4.69) is 21.2 Å². The third kappa shape index (κ3) is 3.12. The van der Waals surface area contributed by atoms with E-state index >= 15 is 0 Å². The first-order chi connectivity index (χ1) is 8.56. The van der Waals surface area contributed by atoms with Crippen molar-refractivity contribution in [3.63, 3.8) is 0 Å². The van der Waals surface area contributed by atoms with Crippen molar-refractivity contribution in [2.45, 2.75) is 6.92 Å². The lowest BCUT2D eigenvalue weighted by Gasteiger charge is -2.08. The highest BCUT2D eigenvalue weighted by Crippen LogP contribution is 2.26. The lowest BCUT2D eigenvalue weighted by molar-refractivity contribution is 0.102. The highest BCUT2D eigenvalue weighted by molar-refractivity contribution is 9.10. The number of hydrogen-bond acceptors (Lipinski definition) is 1. The second-order valence-corrected chi connectivity index (χ2v) is 5.27. The Morgan fingerprint density at radius 1 is 1.22 bits per heavy atom. The molecule has 0 saturated carbocycles. The molecule has 0 saturated heterocycles. The number of aryl methyl sites for hydroxylation is 1. The van der Waals surface area contributed by atoms with Gasteiger partial charge in [-0.25, -0.2) is 0 Å². The fourth-order valence-corrected chi connectivity index (χ4v) is 2.10. The van der Waals surface area contributed by atoms with E-state index in [1.807, 2.05) is 31.2 Å². The van der Waals surface area contributed by atoms with E-state index < -0.39 is 0 Å². The quantitative estimate of drug-likeness (QED) is 0.855. The van der Waals surface area contributed by atoms with Crippen molar-refractivity contribution in [2.24, 2.45) is 0 Å². The fourth-order valence-electron chi connectivity index (χ4n) is 1.57. The summed E-state index contributed by atoms with van der Waals surface area (Å²) in [5.74, 6) is -0.168. The first-order valence-electron chi connectivity index (χ1n) is 5.39. The van der Waals surface area contributed by atoms with Gasteiger partial charge in [-0.2, -0.15) is 0 Å². The van der Waals surface area contributed by atoms with Crippen molar-refractivity contribution in [3.05, 3.63) is 63.1 Å². The zero-order valence-corrected chi connectivity index (χ0v) is 12.0. The van der Waals surface area contributed by atoms with E-state index in [1.54, 1.807) is 18.2 Å². The summed E-state index contributed by atoms with van der Waals surface area (Å²) in [6.07, 6.45) is 0. The second-order valence-electron chi connectivity index (χ2n) is 3.95. The SMILES string of the molecule is Cc1cccc(C(=O)Nc2cc(Br)ccc2Cl)c1. The average molecular weight is 325 g/mol. The molecule has 0 aliphatic heterocycles. The summed E-state index contributed by atoms with van der Waals surface area (Å²) in [4.78, 5) is 12.0. The van der Waals surface area contributed by atoms with Gasteiger partial charge in [0.15, 0.2) is 0 Å². The van der Waals surface area contributed by atoms with E-state index in [0.717, 1.165) is 10.0 Å². The second kappa shape index (κ2) is 5.55. The molecule has 0 heterocycles. The summed E-state index contributed by atoms with van der Waals surface area (Å²) in [6.45, 7) is 1.95. The molecule has 0 spiro atoms. The Morgan fingerprint density at radius 3 is 2.72 bits per heavy atom. The molecule has 0 aliphatic rings. The van der Waals surface area contributed by atoms with Gasteiger partial charge in [-0.15, -0.1) is 0 Å². The van der Waals surface area contributed by atoms with Gasteiger partial charge in [-0.1, -0.05) is 45.2 Å². The van der Waals surface area contributed by atoms with Crippen LogP contribution in [0.25, 0.3) is 0 Å². The summed E-state index contributed by atoms with van der Waals surface area (Å²) in [6, 6.07) is 12.7. The van der Waals surface area contributed by atoms with Crippen LogP contribution in [0.2, 0.25) is 5.02 Å². The minimum atomic E-state index is -0.168. The molecule has 2 aromatic carbocycles. The minimum absolute atomic E-state index is 0.168. The standard InChI is InChI=1S/C14H11BrClNO/c1-9-3-2-4-10(7-9)14(18)17-13-8-11(15)5-6-12(13)16/h2-8H,1H3,(H,17,18). The Labute approximate surface area is 119 Å². The van der Waals surface area contributed by atoms with Crippen LogP contribution in [0, 0.1) is 6.92 Å². The molecule has 18 heavy (non-hydrogen) atoms. The average Bonchev–Trinajstić information content (AvgIpc) is 2.34. The topological polar surface area (TPSA) is 29.1 Å². The number of amides is 1. The van der Waals surface area contributed by atoms with Crippen molar-refractivity contribution in [1.82, 2.24) is 0 Å². The number of nitrogens with one attached hydrogen (secondary N) is 1. The predicted molar refractivity (Wildman–Crippen MR) is 78.3 cm³/mol. The summed E-state index contributed by atoms with van der Waals surface area (Å²) >= 11 is 9.37. The van der Waals surface area contributed by atoms with Crippen molar-refractivity contribution < 1.29 is 4.79 Å². The number of anilines is 1. The molecule has 1 N–H and O–H groups in total. The van der Waals surface area contributed by atoms with Crippen molar-refractivity contribution >= 4 is 39.1 Å². The smallest absolute Gasteiger partial charge is 0.255 e. The molecule has 0 aliphatic carbocycles. The molecule has 0 bridgehead atoms. The van der Waals surface area contributed by atoms with Crippen LogP contribution in [0.3, 0.4) is 0 Å². The van der Waals surface area contributed by atoms with Gasteiger partial charge in [-0.05, 0) is 37.3 Å². The number of benzene rings is 2. The molecule has 4 heteroatoms. The van der Waals surface area contributed by atoms with Crippen molar-refractivity contribution in [2.75, 3.05) is 5.32 Å². The fraction of sp³-hybridized carbons (Fsp3) is 0.0714. The summed E-state index contributed by atoms with van der Waals surface area (Å²) in [7, 11) is 0. The Kier molecular flexibility index (Phi) is 4.04. The zero-order chi connectivity index (χ0) is 13.1. The lowest BCUT2D eigenvalue weighted by Crippen LogP contribution is -2.12. The Morgan fingerprint density at radius 2 is 2.00 bits per heavy atom. The number of carbonyl (C=O) groups excluding carboxylic acids is 1. The molecular weight excluding hydrogens is 314 g/mol. The first-order valence-corrected chi connectivity index (χ1v) is 6.56. The molecule has 0 radical (unpaired) electrons. The molecule has 1 amide bonds. The van der Waals surface area contributed by atoms with Gasteiger partial charge < -0.3 is 5.32 Å². The van der Waals surface area contributed by atoms with Crippen LogP contribution < -0.4 is 5.32 Å².